The van der Waals surface area contributed by atoms with Gasteiger partial charge in [0, 0.05) is 13.1 Å². The van der Waals surface area contributed by atoms with Crippen LogP contribution in [0, 0.1) is 0 Å². The number of hydrogen-bond donors (Lipinski definition) is 0. The van der Waals surface area contributed by atoms with Crippen LogP contribution >= 0.6 is 0 Å². The van der Waals surface area contributed by atoms with E-state index in [9.17, 15) is 18.0 Å². The number of hydrogen-bond acceptors (Lipinski definition) is 2. The van der Waals surface area contributed by atoms with E-state index < -0.39 is 23.3 Å². The minimum absolute atomic E-state index is 0.111. The molecular weight excluding hydrogens is 221 g/mol. The zero-order valence-electron chi connectivity index (χ0n) is 8.25. The SMILES string of the molecule is CC(=O)c1c(C(F)(F)F)nc2ccccn12. The summed E-state index contributed by atoms with van der Waals surface area (Å²) < 4.78 is 39.0. The number of alkyl halides is 3. The lowest BCUT2D eigenvalue weighted by molar-refractivity contribution is -0.141. The van der Waals surface area contributed by atoms with Gasteiger partial charge in [0.15, 0.2) is 11.5 Å². The van der Waals surface area contributed by atoms with E-state index in [2.05, 4.69) is 4.98 Å². The average molecular weight is 228 g/mol. The second kappa shape index (κ2) is 3.33. The van der Waals surface area contributed by atoms with E-state index >= 15 is 0 Å². The third kappa shape index (κ3) is 1.56. The van der Waals surface area contributed by atoms with Gasteiger partial charge in [-0.1, -0.05) is 6.07 Å². The second-order valence-electron chi connectivity index (χ2n) is 3.29. The van der Waals surface area contributed by atoms with Gasteiger partial charge in [-0.2, -0.15) is 13.2 Å². The van der Waals surface area contributed by atoms with Gasteiger partial charge in [-0.15, -0.1) is 0 Å². The van der Waals surface area contributed by atoms with Gasteiger partial charge in [0.25, 0.3) is 0 Å². The zero-order chi connectivity index (χ0) is 11.9. The van der Waals surface area contributed by atoms with Gasteiger partial charge in [-0.3, -0.25) is 9.20 Å². The third-order valence-corrected chi connectivity index (χ3v) is 2.13. The van der Waals surface area contributed by atoms with E-state index in [0.29, 0.717) is 0 Å². The Morgan fingerprint density at radius 1 is 1.38 bits per heavy atom. The van der Waals surface area contributed by atoms with Gasteiger partial charge in [0.2, 0.25) is 0 Å². The van der Waals surface area contributed by atoms with Crippen LogP contribution in [0.2, 0.25) is 0 Å². The van der Waals surface area contributed by atoms with Crippen molar-refractivity contribution in [1.29, 1.82) is 0 Å². The molecule has 0 saturated heterocycles. The van der Waals surface area contributed by atoms with Crippen LogP contribution in [-0.4, -0.2) is 15.2 Å². The zero-order valence-corrected chi connectivity index (χ0v) is 8.25. The lowest BCUT2D eigenvalue weighted by Crippen LogP contribution is -2.12. The van der Waals surface area contributed by atoms with E-state index in [1.165, 1.54) is 12.3 Å². The number of ketones is 1. The van der Waals surface area contributed by atoms with Crippen molar-refractivity contribution >= 4 is 11.4 Å². The molecule has 2 rings (SSSR count). The standard InChI is InChI=1S/C10H7F3N2O/c1-6(16)8-9(10(11,12)13)14-7-4-2-3-5-15(7)8/h2-5H,1H3. The summed E-state index contributed by atoms with van der Waals surface area (Å²) in [6.07, 6.45) is -3.23. The Morgan fingerprint density at radius 3 is 2.62 bits per heavy atom. The van der Waals surface area contributed by atoms with Crippen LogP contribution in [0.15, 0.2) is 24.4 Å². The highest BCUT2D eigenvalue weighted by Crippen LogP contribution is 2.31. The van der Waals surface area contributed by atoms with Crippen LogP contribution in [0.4, 0.5) is 13.2 Å². The normalized spacial score (nSPS) is 12.0. The van der Waals surface area contributed by atoms with E-state index in [1.54, 1.807) is 12.1 Å². The molecule has 0 unspecified atom stereocenters. The predicted octanol–water partition coefficient (Wildman–Crippen LogP) is 2.56. The maximum Gasteiger partial charge on any atom is 0.435 e. The molecule has 2 heterocycles. The molecule has 0 fully saturated rings. The van der Waals surface area contributed by atoms with E-state index in [4.69, 9.17) is 0 Å². The van der Waals surface area contributed by atoms with Crippen molar-refractivity contribution in [3.05, 3.63) is 35.8 Å². The summed E-state index contributed by atoms with van der Waals surface area (Å²) in [5.74, 6) is -0.661. The fraction of sp³-hybridized carbons (Fsp3) is 0.200. The number of pyridine rings is 1. The average Bonchev–Trinajstić information content (AvgIpc) is 2.55. The van der Waals surface area contributed by atoms with Gasteiger partial charge in [0.05, 0.1) is 0 Å². The summed E-state index contributed by atoms with van der Waals surface area (Å²) in [5, 5.41) is 0. The quantitative estimate of drug-likeness (QED) is 0.703. The van der Waals surface area contributed by atoms with Crippen molar-refractivity contribution in [2.75, 3.05) is 0 Å². The molecule has 0 spiro atoms. The number of halogens is 3. The first-order valence-corrected chi connectivity index (χ1v) is 4.46. The summed E-state index contributed by atoms with van der Waals surface area (Å²) in [4.78, 5) is 14.6. The number of carbonyl (C=O) groups excluding carboxylic acids is 1. The molecule has 16 heavy (non-hydrogen) atoms. The first-order valence-electron chi connectivity index (χ1n) is 4.46. The monoisotopic (exact) mass is 228 g/mol. The number of carbonyl (C=O) groups is 1. The lowest BCUT2D eigenvalue weighted by atomic mass is 10.2. The topological polar surface area (TPSA) is 34.4 Å². The Hall–Kier alpha value is -1.85. The molecule has 0 aliphatic carbocycles. The Morgan fingerprint density at radius 2 is 2.06 bits per heavy atom. The summed E-state index contributed by atoms with van der Waals surface area (Å²) >= 11 is 0. The van der Waals surface area contributed by atoms with Gasteiger partial charge >= 0.3 is 6.18 Å². The molecule has 0 atom stereocenters. The molecule has 0 bridgehead atoms. The van der Waals surface area contributed by atoms with Crippen molar-refractivity contribution in [3.8, 4) is 0 Å². The van der Waals surface area contributed by atoms with Crippen molar-refractivity contribution in [1.82, 2.24) is 9.38 Å². The fourth-order valence-electron chi connectivity index (χ4n) is 1.53. The predicted molar refractivity (Wildman–Crippen MR) is 50.2 cm³/mol. The number of aromatic nitrogens is 2. The van der Waals surface area contributed by atoms with Crippen LogP contribution in [0.1, 0.15) is 23.1 Å². The summed E-state index contributed by atoms with van der Waals surface area (Å²) in [7, 11) is 0. The van der Waals surface area contributed by atoms with Crippen LogP contribution in [0.3, 0.4) is 0 Å². The second-order valence-corrected chi connectivity index (χ2v) is 3.29. The number of nitrogens with zero attached hydrogens (tertiary/aromatic N) is 2. The molecule has 84 valence electrons. The molecule has 0 aliphatic heterocycles. The van der Waals surface area contributed by atoms with Gasteiger partial charge in [-0.05, 0) is 12.1 Å². The summed E-state index contributed by atoms with van der Waals surface area (Å²) in [5.41, 5.74) is -1.45. The Bertz CT molecular complexity index is 557. The maximum atomic E-state index is 12.6. The number of imidazole rings is 1. The van der Waals surface area contributed by atoms with Crippen molar-refractivity contribution in [2.24, 2.45) is 0 Å². The largest absolute Gasteiger partial charge is 0.435 e. The van der Waals surface area contributed by atoms with Gasteiger partial charge < -0.3 is 0 Å². The molecular formula is C10H7F3N2O. The van der Waals surface area contributed by atoms with Crippen molar-refractivity contribution < 1.29 is 18.0 Å². The smallest absolute Gasteiger partial charge is 0.297 e. The maximum absolute atomic E-state index is 12.6. The number of Topliss-reactive ketones (excluding diaryl/α,β-unsaturated/α-hetero) is 1. The molecule has 6 heteroatoms. The fourth-order valence-corrected chi connectivity index (χ4v) is 1.53. The molecule has 0 N–H and O–H groups in total. The Kier molecular flexibility index (Phi) is 2.22. The highest BCUT2D eigenvalue weighted by Gasteiger charge is 2.38. The Labute approximate surface area is 88.5 Å². The van der Waals surface area contributed by atoms with E-state index in [0.717, 1.165) is 11.3 Å². The molecule has 0 saturated carbocycles. The van der Waals surface area contributed by atoms with Gasteiger partial charge in [0.1, 0.15) is 11.3 Å². The molecule has 0 aromatic carbocycles. The van der Waals surface area contributed by atoms with E-state index in [1.807, 2.05) is 0 Å². The van der Waals surface area contributed by atoms with Crippen molar-refractivity contribution in [2.45, 2.75) is 13.1 Å². The lowest BCUT2D eigenvalue weighted by Gasteiger charge is -2.04. The molecule has 3 nitrogen and oxygen atoms in total. The molecule has 2 aromatic heterocycles. The van der Waals surface area contributed by atoms with Crippen LogP contribution < -0.4 is 0 Å². The highest BCUT2D eigenvalue weighted by atomic mass is 19.4. The summed E-state index contributed by atoms with van der Waals surface area (Å²) in [6, 6.07) is 4.52. The highest BCUT2D eigenvalue weighted by molar-refractivity contribution is 5.94. The molecule has 0 radical (unpaired) electrons. The van der Waals surface area contributed by atoms with E-state index in [-0.39, 0.29) is 5.65 Å². The van der Waals surface area contributed by atoms with Crippen molar-refractivity contribution in [3.63, 3.8) is 0 Å². The first-order chi connectivity index (χ1) is 7.41. The number of fused-ring (bicyclic) bond motifs is 1. The Balaban J connectivity index is 2.84. The van der Waals surface area contributed by atoms with Gasteiger partial charge in [-0.25, -0.2) is 4.98 Å². The number of rotatable bonds is 1. The van der Waals surface area contributed by atoms with Crippen LogP contribution in [0.25, 0.3) is 5.65 Å². The third-order valence-electron chi connectivity index (χ3n) is 2.13. The molecule has 0 aliphatic rings. The molecule has 0 amide bonds. The molecule has 2 aromatic rings. The minimum Gasteiger partial charge on any atom is -0.297 e. The van der Waals surface area contributed by atoms with Crippen LogP contribution in [-0.2, 0) is 6.18 Å². The minimum atomic E-state index is -4.62. The summed E-state index contributed by atoms with van der Waals surface area (Å²) in [6.45, 7) is 1.09. The first kappa shape index (κ1) is 10.7. The van der Waals surface area contributed by atoms with Crippen LogP contribution in [0.5, 0.6) is 0 Å².